The van der Waals surface area contributed by atoms with E-state index in [1.807, 2.05) is 0 Å². The van der Waals surface area contributed by atoms with Crippen molar-refractivity contribution in [2.45, 2.75) is 5.92 Å². The lowest BCUT2D eigenvalue weighted by Crippen LogP contribution is -2.14. The highest BCUT2D eigenvalue weighted by atomic mass is 19.3. The van der Waals surface area contributed by atoms with Gasteiger partial charge >= 0.3 is 0 Å². The quantitative estimate of drug-likeness (QED) is 0.634. The highest BCUT2D eigenvalue weighted by Crippen LogP contribution is 2.40. The number of rotatable bonds is 0. The zero-order chi connectivity index (χ0) is 8.77. The molecule has 1 aliphatic rings. The Morgan fingerprint density at radius 1 is 1.33 bits per heavy atom. The van der Waals surface area contributed by atoms with E-state index in [1.54, 1.807) is 0 Å². The largest absolute Gasteiger partial charge is 0.376 e. The molecule has 1 aliphatic heterocycles. The van der Waals surface area contributed by atoms with Crippen molar-refractivity contribution in [3.05, 3.63) is 29.6 Å². The van der Waals surface area contributed by atoms with Gasteiger partial charge in [0.15, 0.2) is 0 Å². The number of fused-ring (bicyclic) bond motifs is 1. The third-order valence-corrected chi connectivity index (χ3v) is 1.89. The van der Waals surface area contributed by atoms with Crippen LogP contribution in [0.1, 0.15) is 5.56 Å². The fourth-order valence-electron chi connectivity index (χ4n) is 1.30. The van der Waals surface area contributed by atoms with E-state index in [4.69, 9.17) is 0 Å². The molecule has 1 N–H and O–H groups in total. The molecule has 64 valence electrons. The van der Waals surface area contributed by atoms with Gasteiger partial charge in [-0.3, -0.25) is 0 Å². The van der Waals surface area contributed by atoms with Crippen LogP contribution in [0.5, 0.6) is 0 Å². The summed E-state index contributed by atoms with van der Waals surface area (Å²) in [6.45, 7) is -0.511. The Bertz CT molecular complexity index is 322. The first-order valence-corrected chi connectivity index (χ1v) is 3.52. The maximum absolute atomic E-state index is 12.9. The predicted molar refractivity (Wildman–Crippen MR) is 38.8 cm³/mol. The fourth-order valence-corrected chi connectivity index (χ4v) is 1.30. The highest BCUT2D eigenvalue weighted by molar-refractivity contribution is 5.59. The second kappa shape index (κ2) is 2.15. The van der Waals surface area contributed by atoms with E-state index >= 15 is 0 Å². The van der Waals surface area contributed by atoms with E-state index in [1.165, 1.54) is 12.1 Å². The van der Waals surface area contributed by atoms with Gasteiger partial charge in [0.25, 0.3) is 5.92 Å². The van der Waals surface area contributed by atoms with Crippen LogP contribution in [0.3, 0.4) is 0 Å². The molecule has 0 fully saturated rings. The van der Waals surface area contributed by atoms with Crippen LogP contribution in [-0.4, -0.2) is 6.54 Å². The molecule has 0 bridgehead atoms. The van der Waals surface area contributed by atoms with E-state index in [-0.39, 0.29) is 11.3 Å². The van der Waals surface area contributed by atoms with Gasteiger partial charge < -0.3 is 5.32 Å². The first kappa shape index (κ1) is 7.46. The molecule has 0 saturated heterocycles. The molecule has 0 saturated carbocycles. The normalized spacial score (nSPS) is 18.6. The molecule has 0 atom stereocenters. The molecule has 12 heavy (non-hydrogen) atoms. The van der Waals surface area contributed by atoms with E-state index in [2.05, 4.69) is 5.32 Å². The number of anilines is 1. The summed E-state index contributed by atoms with van der Waals surface area (Å²) in [6, 6.07) is 3.68. The van der Waals surface area contributed by atoms with Crippen LogP contribution in [0.15, 0.2) is 18.2 Å². The van der Waals surface area contributed by atoms with Crippen LogP contribution >= 0.6 is 0 Å². The van der Waals surface area contributed by atoms with Gasteiger partial charge in [0, 0.05) is 5.56 Å². The minimum atomic E-state index is -2.93. The maximum Gasteiger partial charge on any atom is 0.292 e. The molecule has 0 unspecified atom stereocenters. The molecule has 1 nitrogen and oxygen atoms in total. The van der Waals surface area contributed by atoms with Crippen molar-refractivity contribution in [1.82, 2.24) is 0 Å². The van der Waals surface area contributed by atoms with Gasteiger partial charge in [0.2, 0.25) is 0 Å². The van der Waals surface area contributed by atoms with E-state index in [0.717, 1.165) is 6.07 Å². The summed E-state index contributed by atoms with van der Waals surface area (Å²) in [4.78, 5) is 0. The lowest BCUT2D eigenvalue weighted by molar-refractivity contribution is 0.0185. The Morgan fingerprint density at radius 2 is 2.08 bits per heavy atom. The summed E-state index contributed by atoms with van der Waals surface area (Å²) in [6.07, 6.45) is 0. The first-order valence-electron chi connectivity index (χ1n) is 3.52. The molecule has 0 aliphatic carbocycles. The summed E-state index contributed by atoms with van der Waals surface area (Å²) in [7, 11) is 0. The average Bonchev–Trinajstić information content (AvgIpc) is 2.30. The maximum atomic E-state index is 12.9. The molecule has 4 heteroatoms. The number of hydrogen-bond donors (Lipinski definition) is 1. The summed E-state index contributed by atoms with van der Waals surface area (Å²) < 4.78 is 38.6. The monoisotopic (exact) mass is 173 g/mol. The number of alkyl halides is 2. The molecule has 0 spiro atoms. The summed E-state index contributed by atoms with van der Waals surface area (Å²) in [5.41, 5.74) is -0.315. The van der Waals surface area contributed by atoms with Crippen molar-refractivity contribution in [2.24, 2.45) is 0 Å². The Balaban J connectivity index is 2.61. The van der Waals surface area contributed by atoms with Crippen molar-refractivity contribution >= 4 is 5.69 Å². The van der Waals surface area contributed by atoms with Crippen LogP contribution in [0.2, 0.25) is 0 Å². The number of benzene rings is 1. The second-order valence-electron chi connectivity index (χ2n) is 2.72. The molecule has 1 aromatic carbocycles. The van der Waals surface area contributed by atoms with Crippen LogP contribution < -0.4 is 5.32 Å². The minimum Gasteiger partial charge on any atom is -0.376 e. The van der Waals surface area contributed by atoms with Gasteiger partial charge in [-0.25, -0.2) is 4.39 Å². The molecule has 0 aromatic heterocycles. The molecular formula is C8H6F3N. The molecular weight excluding hydrogens is 167 g/mol. The molecule has 1 aromatic rings. The lowest BCUT2D eigenvalue weighted by atomic mass is 10.1. The molecule has 1 heterocycles. The Labute approximate surface area is 67.2 Å². The van der Waals surface area contributed by atoms with Crippen LogP contribution in [-0.2, 0) is 5.92 Å². The first-order chi connectivity index (χ1) is 5.61. The van der Waals surface area contributed by atoms with Gasteiger partial charge in [0.1, 0.15) is 5.82 Å². The van der Waals surface area contributed by atoms with Gasteiger partial charge in [-0.15, -0.1) is 0 Å². The predicted octanol–water partition coefficient (Wildman–Crippen LogP) is 2.34. The molecule has 2 rings (SSSR count). The minimum absolute atomic E-state index is 0.0671. The zero-order valence-electron chi connectivity index (χ0n) is 6.07. The second-order valence-corrected chi connectivity index (χ2v) is 2.72. The van der Waals surface area contributed by atoms with Gasteiger partial charge in [-0.1, -0.05) is 12.1 Å². The van der Waals surface area contributed by atoms with Crippen molar-refractivity contribution in [3.8, 4) is 0 Å². The average molecular weight is 173 g/mol. The van der Waals surface area contributed by atoms with Crippen molar-refractivity contribution < 1.29 is 13.2 Å². The Morgan fingerprint density at radius 3 is 2.75 bits per heavy atom. The zero-order valence-corrected chi connectivity index (χ0v) is 6.07. The fraction of sp³-hybridized carbons (Fsp3) is 0.250. The standard InChI is InChI=1S/C8H6F3N/c9-6-3-1-2-5-7(6)12-4-8(5,10)11/h1-3,12H,4H2. The number of nitrogens with one attached hydrogen (secondary N) is 1. The summed E-state index contributed by atoms with van der Waals surface area (Å²) in [5, 5.41) is 2.33. The Hall–Kier alpha value is -1.19. The van der Waals surface area contributed by atoms with Gasteiger partial charge in [-0.2, -0.15) is 8.78 Å². The highest BCUT2D eigenvalue weighted by Gasteiger charge is 2.40. The lowest BCUT2D eigenvalue weighted by Gasteiger charge is -2.06. The number of halogens is 3. The van der Waals surface area contributed by atoms with Crippen LogP contribution in [0, 0.1) is 5.82 Å². The van der Waals surface area contributed by atoms with E-state index in [9.17, 15) is 13.2 Å². The van der Waals surface area contributed by atoms with Crippen molar-refractivity contribution in [3.63, 3.8) is 0 Å². The molecule has 0 amide bonds. The third-order valence-electron chi connectivity index (χ3n) is 1.89. The van der Waals surface area contributed by atoms with E-state index < -0.39 is 18.3 Å². The van der Waals surface area contributed by atoms with Crippen molar-refractivity contribution in [2.75, 3.05) is 11.9 Å². The number of hydrogen-bond acceptors (Lipinski definition) is 1. The molecule has 0 radical (unpaired) electrons. The van der Waals surface area contributed by atoms with Gasteiger partial charge in [-0.05, 0) is 6.07 Å². The topological polar surface area (TPSA) is 12.0 Å². The van der Waals surface area contributed by atoms with E-state index in [0.29, 0.717) is 0 Å². The SMILES string of the molecule is Fc1cccc2c1NCC2(F)F. The summed E-state index contributed by atoms with van der Waals surface area (Å²) in [5.74, 6) is -3.55. The third kappa shape index (κ3) is 0.873. The number of para-hydroxylation sites is 1. The Kier molecular flexibility index (Phi) is 1.34. The van der Waals surface area contributed by atoms with Crippen LogP contribution in [0.4, 0.5) is 18.9 Å². The summed E-state index contributed by atoms with van der Waals surface area (Å²) >= 11 is 0. The van der Waals surface area contributed by atoms with Gasteiger partial charge in [0.05, 0.1) is 12.2 Å². The smallest absolute Gasteiger partial charge is 0.292 e. The van der Waals surface area contributed by atoms with Crippen LogP contribution in [0.25, 0.3) is 0 Å². The van der Waals surface area contributed by atoms with Crippen molar-refractivity contribution in [1.29, 1.82) is 0 Å².